The maximum Gasteiger partial charge on any atom is 0.157 e. The molecule has 0 bridgehead atoms. The van der Waals surface area contributed by atoms with Crippen LogP contribution in [0.2, 0.25) is 0 Å². The third-order valence-electron chi connectivity index (χ3n) is 5.46. The van der Waals surface area contributed by atoms with Gasteiger partial charge in [-0.2, -0.15) is 0 Å². The van der Waals surface area contributed by atoms with Crippen molar-refractivity contribution in [3.63, 3.8) is 0 Å². The Morgan fingerprint density at radius 3 is 2.60 bits per heavy atom. The molecule has 1 aliphatic heterocycles. The van der Waals surface area contributed by atoms with E-state index in [9.17, 15) is 10.2 Å². The lowest BCUT2D eigenvalue weighted by Gasteiger charge is -2.38. The first kappa shape index (κ1) is 15.0. The third-order valence-corrected chi connectivity index (χ3v) is 6.66. The number of nitrogens with one attached hydrogen (secondary N) is 1. The van der Waals surface area contributed by atoms with E-state index < -0.39 is 0 Å². The van der Waals surface area contributed by atoms with Gasteiger partial charge in [0.15, 0.2) is 11.5 Å². The van der Waals surface area contributed by atoms with Crippen LogP contribution in [0.25, 0.3) is 10.4 Å². The minimum absolute atomic E-state index is 0.0171. The monoisotopic (exact) mass is 349 g/mol. The normalized spacial score (nSPS) is 21.3. The Morgan fingerprint density at radius 1 is 0.960 bits per heavy atom. The number of aromatic hydroxyl groups is 2. The molecule has 3 N–H and O–H groups in total. The van der Waals surface area contributed by atoms with Gasteiger partial charge in [0.2, 0.25) is 0 Å². The number of phenolic OH excluding ortho intramolecular Hbond substituents is 2. The second-order valence-corrected chi connectivity index (χ2v) is 8.04. The zero-order valence-electron chi connectivity index (χ0n) is 13.7. The molecule has 0 unspecified atom stereocenters. The summed E-state index contributed by atoms with van der Waals surface area (Å²) in [6, 6.07) is 16.7. The molecule has 0 saturated carbocycles. The average Bonchev–Trinajstić information content (AvgIpc) is 3.07. The number of phenols is 2. The quantitative estimate of drug-likeness (QED) is 0.572. The van der Waals surface area contributed by atoms with Crippen LogP contribution in [-0.4, -0.2) is 16.3 Å². The van der Waals surface area contributed by atoms with Crippen LogP contribution in [-0.2, 0) is 13.0 Å². The number of hydrogen-bond acceptors (Lipinski definition) is 4. The number of fused-ring (bicyclic) bond motifs is 5. The van der Waals surface area contributed by atoms with E-state index in [2.05, 4.69) is 35.6 Å². The predicted octanol–water partition coefficient (Wildman–Crippen LogP) is 4.38. The van der Waals surface area contributed by atoms with Crippen molar-refractivity contribution in [2.45, 2.75) is 31.3 Å². The fraction of sp³-hybridized carbons (Fsp3) is 0.238. The molecule has 2 aliphatic rings. The van der Waals surface area contributed by atoms with Gasteiger partial charge in [0.1, 0.15) is 0 Å². The maximum atomic E-state index is 10.0. The van der Waals surface area contributed by atoms with E-state index >= 15 is 0 Å². The lowest BCUT2D eigenvalue weighted by Crippen LogP contribution is -2.41. The number of rotatable bonds is 1. The van der Waals surface area contributed by atoms with Crippen molar-refractivity contribution < 1.29 is 10.2 Å². The summed E-state index contributed by atoms with van der Waals surface area (Å²) in [6.45, 7) is 0.910. The molecule has 2 atom stereocenters. The molecule has 126 valence electrons. The number of benzene rings is 2. The highest BCUT2D eigenvalue weighted by Gasteiger charge is 2.36. The molecule has 4 heteroatoms. The van der Waals surface area contributed by atoms with Gasteiger partial charge in [-0.3, -0.25) is 0 Å². The minimum atomic E-state index is -0.0231. The van der Waals surface area contributed by atoms with Gasteiger partial charge in [-0.05, 0) is 53.3 Å². The third kappa shape index (κ3) is 2.36. The van der Waals surface area contributed by atoms with Gasteiger partial charge in [0.05, 0.1) is 0 Å². The van der Waals surface area contributed by atoms with E-state index in [0.29, 0.717) is 6.04 Å². The van der Waals surface area contributed by atoms with Crippen molar-refractivity contribution in [1.82, 2.24) is 5.32 Å². The minimum Gasteiger partial charge on any atom is -0.504 e. The van der Waals surface area contributed by atoms with Gasteiger partial charge in [-0.1, -0.05) is 30.3 Å². The molecule has 1 aromatic heterocycles. The van der Waals surface area contributed by atoms with Gasteiger partial charge in [-0.25, -0.2) is 0 Å². The molecule has 0 amide bonds. The van der Waals surface area contributed by atoms with Crippen LogP contribution < -0.4 is 5.32 Å². The van der Waals surface area contributed by atoms with E-state index in [1.165, 1.54) is 20.9 Å². The Kier molecular flexibility index (Phi) is 3.37. The molecule has 2 heterocycles. The van der Waals surface area contributed by atoms with Crippen LogP contribution >= 0.6 is 11.3 Å². The van der Waals surface area contributed by atoms with Crippen LogP contribution in [0, 0.1) is 0 Å². The van der Waals surface area contributed by atoms with Crippen LogP contribution in [0.4, 0.5) is 0 Å². The molecule has 1 aliphatic carbocycles. The van der Waals surface area contributed by atoms with Crippen molar-refractivity contribution in [3.05, 3.63) is 70.1 Å². The Balaban J connectivity index is 1.65. The first-order valence-corrected chi connectivity index (χ1v) is 9.48. The van der Waals surface area contributed by atoms with Gasteiger partial charge in [0.25, 0.3) is 0 Å². The van der Waals surface area contributed by atoms with Crippen LogP contribution in [0.3, 0.4) is 0 Å². The molecule has 3 aromatic rings. The van der Waals surface area contributed by atoms with Crippen molar-refractivity contribution in [1.29, 1.82) is 0 Å². The zero-order chi connectivity index (χ0) is 17.0. The van der Waals surface area contributed by atoms with Crippen LogP contribution in [0.15, 0.2) is 48.5 Å². The number of aryl methyl sites for hydroxylation is 1. The van der Waals surface area contributed by atoms with E-state index in [1.807, 2.05) is 17.4 Å². The van der Waals surface area contributed by atoms with E-state index in [0.717, 1.165) is 30.5 Å². The van der Waals surface area contributed by atoms with Gasteiger partial charge < -0.3 is 15.5 Å². The van der Waals surface area contributed by atoms with Gasteiger partial charge in [0, 0.05) is 28.3 Å². The highest BCUT2D eigenvalue weighted by atomic mass is 32.1. The first-order valence-electron chi connectivity index (χ1n) is 8.67. The summed E-state index contributed by atoms with van der Waals surface area (Å²) in [5.74, 6) is 0.203. The Morgan fingerprint density at radius 2 is 1.76 bits per heavy atom. The molecule has 3 nitrogen and oxygen atoms in total. The molecular weight excluding hydrogens is 330 g/mol. The standard InChI is InChI=1S/C21H19NO2S/c23-17-8-13-6-7-16-21(14(13)9-18(17)24)15-10-19(25-20(15)11-22-16)12-4-2-1-3-5-12/h1-5,8-10,16,21-24H,6-7,11H2/t16-,21+/m1/s1. The lowest BCUT2D eigenvalue weighted by molar-refractivity contribution is 0.382. The Hall–Kier alpha value is -2.30. The summed E-state index contributed by atoms with van der Waals surface area (Å²) in [6.07, 6.45) is 1.99. The summed E-state index contributed by atoms with van der Waals surface area (Å²) >= 11 is 1.85. The van der Waals surface area contributed by atoms with Crippen LogP contribution in [0.5, 0.6) is 11.5 Å². The highest BCUT2D eigenvalue weighted by Crippen LogP contribution is 2.47. The topological polar surface area (TPSA) is 52.5 Å². The SMILES string of the molecule is Oc1cc2c(cc1O)[C@H]1c3cc(-c4ccccc4)sc3CN[C@@H]1CC2. The molecule has 25 heavy (non-hydrogen) atoms. The predicted molar refractivity (Wildman–Crippen MR) is 100 cm³/mol. The second-order valence-electron chi connectivity index (χ2n) is 6.90. The van der Waals surface area contributed by atoms with E-state index in [1.54, 1.807) is 12.1 Å². The lowest BCUT2D eigenvalue weighted by atomic mass is 9.74. The summed E-state index contributed by atoms with van der Waals surface area (Å²) in [5.41, 5.74) is 4.93. The van der Waals surface area contributed by atoms with Gasteiger partial charge >= 0.3 is 0 Å². The zero-order valence-corrected chi connectivity index (χ0v) is 14.5. The Labute approximate surface area is 150 Å². The fourth-order valence-electron chi connectivity index (χ4n) is 4.25. The van der Waals surface area contributed by atoms with Gasteiger partial charge in [-0.15, -0.1) is 11.3 Å². The summed E-state index contributed by atoms with van der Waals surface area (Å²) in [7, 11) is 0. The highest BCUT2D eigenvalue weighted by molar-refractivity contribution is 7.15. The van der Waals surface area contributed by atoms with Crippen molar-refractivity contribution in [3.8, 4) is 21.9 Å². The fourth-order valence-corrected chi connectivity index (χ4v) is 5.42. The molecule has 0 radical (unpaired) electrons. The largest absolute Gasteiger partial charge is 0.504 e. The molecule has 2 aromatic carbocycles. The molecule has 5 rings (SSSR count). The van der Waals surface area contributed by atoms with Crippen molar-refractivity contribution in [2.24, 2.45) is 0 Å². The Bertz CT molecular complexity index is 948. The van der Waals surface area contributed by atoms with E-state index in [4.69, 9.17) is 0 Å². The first-order chi connectivity index (χ1) is 12.2. The summed E-state index contributed by atoms with van der Waals surface area (Å²) < 4.78 is 0. The number of hydrogen-bond donors (Lipinski definition) is 3. The smallest absolute Gasteiger partial charge is 0.157 e. The summed E-state index contributed by atoms with van der Waals surface area (Å²) in [4.78, 5) is 2.67. The average molecular weight is 349 g/mol. The maximum absolute atomic E-state index is 10.0. The van der Waals surface area contributed by atoms with Crippen molar-refractivity contribution in [2.75, 3.05) is 0 Å². The molecule has 0 saturated heterocycles. The van der Waals surface area contributed by atoms with Crippen molar-refractivity contribution >= 4 is 11.3 Å². The summed E-state index contributed by atoms with van der Waals surface area (Å²) in [5, 5.41) is 23.6. The number of thiophene rings is 1. The molecule has 0 spiro atoms. The molecule has 0 fully saturated rings. The molecular formula is C21H19NO2S. The second kappa shape index (κ2) is 5.61. The van der Waals surface area contributed by atoms with Crippen LogP contribution in [0.1, 0.15) is 33.9 Å². The van der Waals surface area contributed by atoms with E-state index in [-0.39, 0.29) is 17.4 Å².